The number of piperidine rings is 1. The maximum atomic E-state index is 13.1. The van der Waals surface area contributed by atoms with E-state index in [2.05, 4.69) is 25.1 Å². The van der Waals surface area contributed by atoms with Crippen LogP contribution in [-0.4, -0.2) is 59.4 Å². The molecule has 12 heteroatoms. The Balaban J connectivity index is 1.26. The molecular formula is C23H22FN7O3S. The summed E-state index contributed by atoms with van der Waals surface area (Å²) in [4.78, 5) is 21.5. The van der Waals surface area contributed by atoms with Crippen LogP contribution in [0.3, 0.4) is 0 Å². The zero-order valence-corrected chi connectivity index (χ0v) is 19.7. The minimum Gasteiger partial charge on any atom is -0.350 e. The molecule has 2 aliphatic heterocycles. The molecule has 35 heavy (non-hydrogen) atoms. The van der Waals surface area contributed by atoms with Crippen LogP contribution >= 0.6 is 0 Å². The fourth-order valence-corrected chi connectivity index (χ4v) is 5.55. The van der Waals surface area contributed by atoms with Crippen LogP contribution in [0.2, 0.25) is 0 Å². The van der Waals surface area contributed by atoms with E-state index in [-0.39, 0.29) is 5.92 Å². The van der Waals surface area contributed by atoms with Crippen molar-refractivity contribution < 1.29 is 17.3 Å². The van der Waals surface area contributed by atoms with E-state index < -0.39 is 15.7 Å². The lowest BCUT2D eigenvalue weighted by Gasteiger charge is -2.30. The predicted octanol–water partition coefficient (Wildman–Crippen LogP) is 3.03. The van der Waals surface area contributed by atoms with Crippen molar-refractivity contribution in [3.05, 3.63) is 54.0 Å². The van der Waals surface area contributed by atoms with Gasteiger partial charge in [0.2, 0.25) is 11.5 Å². The highest BCUT2D eigenvalue weighted by molar-refractivity contribution is 7.90. The summed E-state index contributed by atoms with van der Waals surface area (Å²) in [5.41, 5.74) is 3.87. The molecule has 3 aromatic heterocycles. The molecule has 0 N–H and O–H groups in total. The SMILES string of the molecule is CS(=O)(=O)c1ccc2c(c1)CCN2c1ncnc2c(C3CCN(c4ncc(F)cn4)CC3)noc12. The Morgan fingerprint density at radius 3 is 2.57 bits per heavy atom. The molecule has 6 rings (SSSR count). The number of anilines is 3. The molecule has 0 saturated carbocycles. The Morgan fingerprint density at radius 1 is 1.06 bits per heavy atom. The van der Waals surface area contributed by atoms with Gasteiger partial charge in [-0.2, -0.15) is 0 Å². The first-order valence-electron chi connectivity index (χ1n) is 11.3. The van der Waals surface area contributed by atoms with E-state index in [1.54, 1.807) is 12.1 Å². The third-order valence-corrected chi connectivity index (χ3v) is 7.77. The summed E-state index contributed by atoms with van der Waals surface area (Å²) >= 11 is 0. The van der Waals surface area contributed by atoms with Crippen molar-refractivity contribution in [3.63, 3.8) is 0 Å². The lowest BCUT2D eigenvalue weighted by molar-refractivity contribution is 0.415. The van der Waals surface area contributed by atoms with Crippen molar-refractivity contribution in [2.45, 2.75) is 30.1 Å². The van der Waals surface area contributed by atoms with Gasteiger partial charge in [-0.15, -0.1) is 0 Å². The molecule has 0 amide bonds. The molecule has 10 nitrogen and oxygen atoms in total. The quantitative estimate of drug-likeness (QED) is 0.418. The smallest absolute Gasteiger partial charge is 0.228 e. The van der Waals surface area contributed by atoms with Gasteiger partial charge >= 0.3 is 0 Å². The fraction of sp³-hybridized carbons (Fsp3) is 0.348. The summed E-state index contributed by atoms with van der Waals surface area (Å²) in [7, 11) is -3.27. The molecule has 0 aliphatic carbocycles. The number of sulfone groups is 1. The topological polar surface area (TPSA) is 118 Å². The lowest BCUT2D eigenvalue weighted by Crippen LogP contribution is -2.34. The third kappa shape index (κ3) is 3.87. The van der Waals surface area contributed by atoms with Crippen LogP contribution in [-0.2, 0) is 16.3 Å². The summed E-state index contributed by atoms with van der Waals surface area (Å²) in [5.74, 6) is 0.839. The lowest BCUT2D eigenvalue weighted by atomic mass is 9.93. The monoisotopic (exact) mass is 495 g/mol. The van der Waals surface area contributed by atoms with Gasteiger partial charge in [0.1, 0.15) is 17.5 Å². The van der Waals surface area contributed by atoms with Crippen molar-refractivity contribution in [1.29, 1.82) is 0 Å². The predicted molar refractivity (Wildman–Crippen MR) is 126 cm³/mol. The molecule has 4 aromatic rings. The molecule has 2 aliphatic rings. The van der Waals surface area contributed by atoms with Gasteiger partial charge in [0.15, 0.2) is 21.5 Å². The summed E-state index contributed by atoms with van der Waals surface area (Å²) in [5, 5.41) is 4.38. The molecule has 0 unspecified atom stereocenters. The molecule has 1 fully saturated rings. The first-order valence-corrected chi connectivity index (χ1v) is 13.2. The highest BCUT2D eigenvalue weighted by atomic mass is 32.2. The van der Waals surface area contributed by atoms with Crippen LogP contribution in [0.1, 0.15) is 30.0 Å². The van der Waals surface area contributed by atoms with Crippen LogP contribution in [0, 0.1) is 5.82 Å². The molecule has 0 spiro atoms. The number of aromatic nitrogens is 5. The van der Waals surface area contributed by atoms with Crippen molar-refractivity contribution in [2.75, 3.05) is 35.7 Å². The van der Waals surface area contributed by atoms with E-state index >= 15 is 0 Å². The van der Waals surface area contributed by atoms with E-state index in [1.807, 2.05) is 15.9 Å². The van der Waals surface area contributed by atoms with Crippen LogP contribution in [0.4, 0.5) is 21.8 Å². The Hall–Kier alpha value is -3.67. The minimum absolute atomic E-state index is 0.152. The Bertz CT molecular complexity index is 1520. The number of hydrogen-bond donors (Lipinski definition) is 0. The maximum absolute atomic E-state index is 13.1. The van der Waals surface area contributed by atoms with Gasteiger partial charge in [-0.25, -0.2) is 32.7 Å². The van der Waals surface area contributed by atoms with Gasteiger partial charge in [-0.1, -0.05) is 5.16 Å². The van der Waals surface area contributed by atoms with Crippen LogP contribution < -0.4 is 9.80 Å². The fourth-order valence-electron chi connectivity index (χ4n) is 4.88. The van der Waals surface area contributed by atoms with E-state index in [0.29, 0.717) is 53.8 Å². The standard InChI is InChI=1S/C23H22FN7O3S/c1-35(32,33)17-2-3-18-15(10-17)6-9-31(18)22-21-20(27-13-28-22)19(29-34-21)14-4-7-30(8-5-14)23-25-11-16(24)12-26-23/h2-3,10-14H,4-9H2,1H3. The third-order valence-electron chi connectivity index (χ3n) is 6.66. The van der Waals surface area contributed by atoms with Gasteiger partial charge in [0.05, 0.1) is 17.3 Å². The molecule has 1 saturated heterocycles. The van der Waals surface area contributed by atoms with Crippen LogP contribution in [0.5, 0.6) is 0 Å². The first kappa shape index (κ1) is 21.8. The highest BCUT2D eigenvalue weighted by Gasteiger charge is 2.30. The molecule has 1 aromatic carbocycles. The number of fused-ring (bicyclic) bond motifs is 2. The van der Waals surface area contributed by atoms with Crippen molar-refractivity contribution in [1.82, 2.24) is 25.1 Å². The van der Waals surface area contributed by atoms with Gasteiger partial charge < -0.3 is 14.3 Å². The largest absolute Gasteiger partial charge is 0.350 e. The summed E-state index contributed by atoms with van der Waals surface area (Å²) < 4.78 is 42.8. The van der Waals surface area contributed by atoms with Gasteiger partial charge in [-0.05, 0) is 43.0 Å². The second-order valence-electron chi connectivity index (χ2n) is 8.87. The molecule has 5 heterocycles. The van der Waals surface area contributed by atoms with Crippen molar-refractivity contribution in [3.8, 4) is 0 Å². The number of benzene rings is 1. The van der Waals surface area contributed by atoms with E-state index in [0.717, 1.165) is 29.8 Å². The second kappa shape index (κ2) is 8.22. The zero-order chi connectivity index (χ0) is 24.2. The number of rotatable bonds is 4. The molecule has 180 valence electrons. The van der Waals surface area contributed by atoms with E-state index in [1.165, 1.54) is 25.0 Å². The average molecular weight is 496 g/mol. The number of halogens is 1. The van der Waals surface area contributed by atoms with Gasteiger partial charge in [0, 0.05) is 37.5 Å². The van der Waals surface area contributed by atoms with E-state index in [9.17, 15) is 12.8 Å². The van der Waals surface area contributed by atoms with Gasteiger partial charge in [0.25, 0.3) is 0 Å². The van der Waals surface area contributed by atoms with Crippen molar-refractivity contribution in [2.24, 2.45) is 0 Å². The normalized spacial score (nSPS) is 16.7. The summed E-state index contributed by atoms with van der Waals surface area (Å²) in [6.45, 7) is 2.08. The summed E-state index contributed by atoms with van der Waals surface area (Å²) in [6.07, 6.45) is 7.40. The summed E-state index contributed by atoms with van der Waals surface area (Å²) in [6, 6.07) is 5.17. The minimum atomic E-state index is -3.27. The molecule has 0 bridgehead atoms. The Labute approximate surface area is 200 Å². The first-order chi connectivity index (χ1) is 16.9. The van der Waals surface area contributed by atoms with E-state index in [4.69, 9.17) is 4.52 Å². The zero-order valence-electron chi connectivity index (χ0n) is 18.9. The maximum Gasteiger partial charge on any atom is 0.228 e. The average Bonchev–Trinajstić information content (AvgIpc) is 3.48. The number of nitrogens with zero attached hydrogens (tertiary/aromatic N) is 7. The van der Waals surface area contributed by atoms with Gasteiger partial charge in [-0.3, -0.25) is 0 Å². The Kier molecular flexibility index (Phi) is 5.13. The van der Waals surface area contributed by atoms with Crippen LogP contribution in [0.25, 0.3) is 11.1 Å². The number of hydrogen-bond acceptors (Lipinski definition) is 10. The molecule has 0 atom stereocenters. The van der Waals surface area contributed by atoms with Crippen LogP contribution in [0.15, 0.2) is 46.3 Å². The van der Waals surface area contributed by atoms with Crippen molar-refractivity contribution >= 4 is 38.4 Å². The second-order valence-corrected chi connectivity index (χ2v) is 10.9. The molecular weight excluding hydrogens is 473 g/mol. The highest BCUT2D eigenvalue weighted by Crippen LogP contribution is 2.40. The molecule has 0 radical (unpaired) electrons. The Morgan fingerprint density at radius 2 is 1.83 bits per heavy atom.